The highest BCUT2D eigenvalue weighted by molar-refractivity contribution is 7.17. The Labute approximate surface area is 109 Å². The smallest absolute Gasteiger partial charge is 0.350 e. The monoisotopic (exact) mass is 269 g/mol. The lowest BCUT2D eigenvalue weighted by Gasteiger charge is -2.32. The van der Waals surface area contributed by atoms with Crippen LogP contribution in [-0.4, -0.2) is 43.1 Å². The standard InChI is InChI=1S/C11H15N3O3S/c1-6-8(10(16)17-3)18-11(13-6)14-5-4-12-9(15)7(14)2/h7H,4-5H2,1-3H3,(H,12,15). The molecule has 1 aliphatic rings. The summed E-state index contributed by atoms with van der Waals surface area (Å²) in [5.41, 5.74) is 0.639. The number of thiazole rings is 1. The Balaban J connectivity index is 2.28. The van der Waals surface area contributed by atoms with Crippen molar-refractivity contribution in [3.05, 3.63) is 10.6 Å². The predicted octanol–water partition coefficient (Wildman–Crippen LogP) is 0.563. The second-order valence-electron chi connectivity index (χ2n) is 4.06. The molecule has 6 nitrogen and oxygen atoms in total. The molecule has 1 aliphatic heterocycles. The van der Waals surface area contributed by atoms with E-state index in [0.29, 0.717) is 28.8 Å². The van der Waals surface area contributed by atoms with Crippen molar-refractivity contribution in [2.75, 3.05) is 25.1 Å². The SMILES string of the molecule is COC(=O)c1sc(N2CCNC(=O)C2C)nc1C. The first kappa shape index (κ1) is 12.8. The van der Waals surface area contributed by atoms with Gasteiger partial charge in [-0.3, -0.25) is 4.79 Å². The molecule has 2 heterocycles. The van der Waals surface area contributed by atoms with Crippen LogP contribution in [0.1, 0.15) is 22.3 Å². The maximum atomic E-state index is 11.6. The lowest BCUT2D eigenvalue weighted by molar-refractivity contribution is -0.122. The molecular formula is C11H15N3O3S. The minimum atomic E-state index is -0.384. The van der Waals surface area contributed by atoms with Crippen molar-refractivity contribution < 1.29 is 14.3 Å². The second kappa shape index (κ2) is 4.93. The highest BCUT2D eigenvalue weighted by Gasteiger charge is 2.29. The molecule has 1 aromatic heterocycles. The normalized spacial score (nSPS) is 19.6. The largest absolute Gasteiger partial charge is 0.465 e. The molecule has 1 N–H and O–H groups in total. The number of aryl methyl sites for hydroxylation is 1. The third-order valence-corrected chi connectivity index (χ3v) is 4.08. The molecular weight excluding hydrogens is 254 g/mol. The van der Waals surface area contributed by atoms with Crippen molar-refractivity contribution in [2.45, 2.75) is 19.9 Å². The number of hydrogen-bond donors (Lipinski definition) is 1. The summed E-state index contributed by atoms with van der Waals surface area (Å²) in [5, 5.41) is 3.48. The number of hydrogen-bond acceptors (Lipinski definition) is 6. The summed E-state index contributed by atoms with van der Waals surface area (Å²) < 4.78 is 4.70. The van der Waals surface area contributed by atoms with Gasteiger partial charge in [-0.05, 0) is 13.8 Å². The van der Waals surface area contributed by atoms with Crippen molar-refractivity contribution in [1.29, 1.82) is 0 Å². The summed E-state index contributed by atoms with van der Waals surface area (Å²) in [6, 6.07) is -0.269. The molecule has 0 aromatic carbocycles. The third-order valence-electron chi connectivity index (χ3n) is 2.90. The third kappa shape index (κ3) is 2.17. The van der Waals surface area contributed by atoms with Crippen LogP contribution < -0.4 is 10.2 Å². The Morgan fingerprint density at radius 3 is 3.00 bits per heavy atom. The first-order chi connectivity index (χ1) is 8.54. The Bertz CT molecular complexity index is 486. The number of rotatable bonds is 2. The molecule has 0 radical (unpaired) electrons. The zero-order chi connectivity index (χ0) is 13.3. The topological polar surface area (TPSA) is 71.5 Å². The van der Waals surface area contributed by atoms with Gasteiger partial charge in [0.25, 0.3) is 0 Å². The van der Waals surface area contributed by atoms with Gasteiger partial charge in [-0.15, -0.1) is 0 Å². The molecule has 0 aliphatic carbocycles. The molecule has 1 fully saturated rings. The summed E-state index contributed by atoms with van der Waals surface area (Å²) in [7, 11) is 1.35. The van der Waals surface area contributed by atoms with E-state index in [4.69, 9.17) is 4.74 Å². The van der Waals surface area contributed by atoms with Crippen molar-refractivity contribution in [3.8, 4) is 0 Å². The fraction of sp³-hybridized carbons (Fsp3) is 0.545. The number of amides is 1. The lowest BCUT2D eigenvalue weighted by atomic mass is 10.2. The lowest BCUT2D eigenvalue weighted by Crippen LogP contribution is -2.54. The molecule has 2 rings (SSSR count). The number of nitrogens with zero attached hydrogens (tertiary/aromatic N) is 2. The van der Waals surface area contributed by atoms with Crippen molar-refractivity contribution in [2.24, 2.45) is 0 Å². The van der Waals surface area contributed by atoms with Crippen LogP contribution in [-0.2, 0) is 9.53 Å². The van der Waals surface area contributed by atoms with E-state index in [1.54, 1.807) is 6.92 Å². The molecule has 98 valence electrons. The summed E-state index contributed by atoms with van der Waals surface area (Å²) in [4.78, 5) is 29.9. The van der Waals surface area contributed by atoms with Gasteiger partial charge in [0.05, 0.1) is 12.8 Å². The van der Waals surface area contributed by atoms with Gasteiger partial charge in [-0.25, -0.2) is 9.78 Å². The van der Waals surface area contributed by atoms with Crippen LogP contribution >= 0.6 is 11.3 Å². The zero-order valence-electron chi connectivity index (χ0n) is 10.5. The molecule has 18 heavy (non-hydrogen) atoms. The first-order valence-corrected chi connectivity index (χ1v) is 6.46. The van der Waals surface area contributed by atoms with Crippen LogP contribution in [0.15, 0.2) is 0 Å². The van der Waals surface area contributed by atoms with Crippen molar-refractivity contribution in [3.63, 3.8) is 0 Å². The van der Waals surface area contributed by atoms with Gasteiger partial charge in [0.2, 0.25) is 5.91 Å². The highest BCUT2D eigenvalue weighted by Crippen LogP contribution is 2.28. The van der Waals surface area contributed by atoms with E-state index in [-0.39, 0.29) is 17.9 Å². The summed E-state index contributed by atoms with van der Waals surface area (Å²) in [6.45, 7) is 4.87. The summed E-state index contributed by atoms with van der Waals surface area (Å²) in [5.74, 6) is -0.404. The Morgan fingerprint density at radius 2 is 2.33 bits per heavy atom. The quantitative estimate of drug-likeness (QED) is 0.794. The number of anilines is 1. The molecule has 0 saturated carbocycles. The van der Waals surface area contributed by atoms with Crippen molar-refractivity contribution >= 4 is 28.3 Å². The number of carbonyl (C=O) groups is 2. The van der Waals surface area contributed by atoms with Gasteiger partial charge >= 0.3 is 5.97 Å². The van der Waals surface area contributed by atoms with E-state index in [1.165, 1.54) is 18.4 Å². The van der Waals surface area contributed by atoms with E-state index in [1.807, 2.05) is 11.8 Å². The number of aromatic nitrogens is 1. The van der Waals surface area contributed by atoms with Crippen LogP contribution in [0.25, 0.3) is 0 Å². The molecule has 0 bridgehead atoms. The van der Waals surface area contributed by atoms with Crippen LogP contribution in [0, 0.1) is 6.92 Å². The fourth-order valence-electron chi connectivity index (χ4n) is 1.83. The number of piperazine rings is 1. The molecule has 1 atom stereocenters. The summed E-state index contributed by atoms with van der Waals surface area (Å²) in [6.07, 6.45) is 0. The van der Waals surface area contributed by atoms with Crippen molar-refractivity contribution in [1.82, 2.24) is 10.3 Å². The first-order valence-electron chi connectivity index (χ1n) is 5.64. The van der Waals surface area contributed by atoms with Gasteiger partial charge < -0.3 is 15.0 Å². The average Bonchev–Trinajstić information content (AvgIpc) is 2.73. The number of carbonyl (C=O) groups excluding carboxylic acids is 2. The van der Waals surface area contributed by atoms with E-state index in [0.717, 1.165) is 0 Å². The van der Waals surface area contributed by atoms with E-state index in [9.17, 15) is 9.59 Å². The van der Waals surface area contributed by atoms with Crippen LogP contribution in [0.5, 0.6) is 0 Å². The number of esters is 1. The van der Waals surface area contributed by atoms with E-state index >= 15 is 0 Å². The van der Waals surface area contributed by atoms with Gasteiger partial charge in [0.1, 0.15) is 10.9 Å². The van der Waals surface area contributed by atoms with Crippen LogP contribution in [0.4, 0.5) is 5.13 Å². The number of nitrogens with one attached hydrogen (secondary N) is 1. The predicted molar refractivity (Wildman–Crippen MR) is 68.0 cm³/mol. The average molecular weight is 269 g/mol. The van der Waals surface area contributed by atoms with E-state index < -0.39 is 0 Å². The van der Waals surface area contributed by atoms with Crippen LogP contribution in [0.2, 0.25) is 0 Å². The van der Waals surface area contributed by atoms with Gasteiger partial charge in [0, 0.05) is 13.1 Å². The minimum absolute atomic E-state index is 0.0197. The molecule has 0 spiro atoms. The fourth-order valence-corrected chi connectivity index (χ4v) is 2.92. The second-order valence-corrected chi connectivity index (χ2v) is 5.04. The van der Waals surface area contributed by atoms with Gasteiger partial charge in [0.15, 0.2) is 5.13 Å². The Hall–Kier alpha value is -1.63. The highest BCUT2D eigenvalue weighted by atomic mass is 32.1. The van der Waals surface area contributed by atoms with Gasteiger partial charge in [-0.1, -0.05) is 11.3 Å². The molecule has 1 saturated heterocycles. The Morgan fingerprint density at radius 1 is 1.61 bits per heavy atom. The summed E-state index contributed by atoms with van der Waals surface area (Å²) >= 11 is 1.26. The number of methoxy groups -OCH3 is 1. The van der Waals surface area contributed by atoms with Gasteiger partial charge in [-0.2, -0.15) is 0 Å². The molecule has 1 aromatic rings. The Kier molecular flexibility index (Phi) is 3.51. The van der Waals surface area contributed by atoms with Crippen LogP contribution in [0.3, 0.4) is 0 Å². The molecule has 1 unspecified atom stereocenters. The molecule has 7 heteroatoms. The maximum absolute atomic E-state index is 11.6. The number of ether oxygens (including phenoxy) is 1. The zero-order valence-corrected chi connectivity index (χ0v) is 11.3. The maximum Gasteiger partial charge on any atom is 0.350 e. The minimum Gasteiger partial charge on any atom is -0.465 e. The van der Waals surface area contributed by atoms with E-state index in [2.05, 4.69) is 10.3 Å². The molecule has 1 amide bonds.